The molecule has 0 radical (unpaired) electrons. The number of ether oxygens (including phenoxy) is 3. The van der Waals surface area contributed by atoms with Crippen molar-refractivity contribution in [2.45, 2.75) is 18.6 Å². The Kier molecular flexibility index (Phi) is 4.80. The molecule has 3 aromatic carbocycles. The van der Waals surface area contributed by atoms with Crippen molar-refractivity contribution in [2.24, 2.45) is 0 Å². The maximum absolute atomic E-state index is 13.8. The number of nitrogens with zero attached hydrogens (tertiary/aromatic N) is 2. The summed E-state index contributed by atoms with van der Waals surface area (Å²) in [6, 6.07) is 17.2. The SMILES string of the molecule is COc1ccc(Nc2cc(N3CCC4(CC3)OCCO4)c3noc4c3c2C(=O)c2ccccc2-4)cc1. The smallest absolute Gasteiger partial charge is 0.196 e. The van der Waals surface area contributed by atoms with Crippen molar-refractivity contribution in [1.29, 1.82) is 0 Å². The molecule has 3 heterocycles. The van der Waals surface area contributed by atoms with Crippen molar-refractivity contribution in [2.75, 3.05) is 43.6 Å². The molecule has 2 fully saturated rings. The number of anilines is 3. The first-order valence-electron chi connectivity index (χ1n) is 12.2. The van der Waals surface area contributed by atoms with Crippen LogP contribution in [0, 0.1) is 0 Å². The van der Waals surface area contributed by atoms with Gasteiger partial charge in [0, 0.05) is 42.7 Å². The van der Waals surface area contributed by atoms with Crippen LogP contribution >= 0.6 is 0 Å². The second-order valence-electron chi connectivity index (χ2n) is 9.38. The zero-order valence-corrected chi connectivity index (χ0v) is 19.9. The number of nitrogens with one attached hydrogen (secondary N) is 1. The molecule has 8 nitrogen and oxygen atoms in total. The monoisotopic (exact) mass is 483 g/mol. The number of hydrogen-bond donors (Lipinski definition) is 1. The van der Waals surface area contributed by atoms with Gasteiger partial charge in [-0.05, 0) is 30.3 Å². The summed E-state index contributed by atoms with van der Waals surface area (Å²) in [4.78, 5) is 16.1. The fourth-order valence-electron chi connectivity index (χ4n) is 5.59. The third-order valence-electron chi connectivity index (χ3n) is 7.43. The molecule has 0 amide bonds. The van der Waals surface area contributed by atoms with E-state index in [1.807, 2.05) is 54.6 Å². The van der Waals surface area contributed by atoms with Gasteiger partial charge in [0.05, 0.1) is 42.6 Å². The maximum atomic E-state index is 13.8. The van der Waals surface area contributed by atoms with Gasteiger partial charge in [-0.15, -0.1) is 0 Å². The quantitative estimate of drug-likeness (QED) is 0.376. The molecule has 2 saturated heterocycles. The number of piperidine rings is 1. The molecule has 1 aliphatic carbocycles. The molecule has 0 bridgehead atoms. The van der Waals surface area contributed by atoms with Gasteiger partial charge in [0.25, 0.3) is 0 Å². The van der Waals surface area contributed by atoms with Gasteiger partial charge in [-0.3, -0.25) is 4.79 Å². The number of rotatable bonds is 4. The summed E-state index contributed by atoms with van der Waals surface area (Å²) >= 11 is 0. The van der Waals surface area contributed by atoms with Crippen LogP contribution in [-0.2, 0) is 9.47 Å². The maximum Gasteiger partial charge on any atom is 0.196 e. The molecule has 0 atom stereocenters. The van der Waals surface area contributed by atoms with Gasteiger partial charge in [-0.25, -0.2) is 0 Å². The first kappa shape index (κ1) is 21.4. The van der Waals surface area contributed by atoms with Crippen molar-refractivity contribution in [1.82, 2.24) is 5.16 Å². The minimum absolute atomic E-state index is 0.0424. The Bertz CT molecular complexity index is 1480. The zero-order chi connectivity index (χ0) is 24.3. The average molecular weight is 484 g/mol. The topological polar surface area (TPSA) is 86.1 Å². The molecule has 36 heavy (non-hydrogen) atoms. The van der Waals surface area contributed by atoms with Crippen LogP contribution in [0.2, 0.25) is 0 Å². The lowest BCUT2D eigenvalue weighted by molar-refractivity contribution is -0.169. The molecule has 182 valence electrons. The second kappa shape index (κ2) is 8.08. The van der Waals surface area contributed by atoms with Crippen LogP contribution in [0.1, 0.15) is 28.8 Å². The van der Waals surface area contributed by atoms with Crippen molar-refractivity contribution < 1.29 is 23.5 Å². The molecule has 0 saturated carbocycles. The molecule has 1 spiro atoms. The van der Waals surface area contributed by atoms with Gasteiger partial charge in [0.2, 0.25) is 0 Å². The zero-order valence-electron chi connectivity index (χ0n) is 19.9. The van der Waals surface area contributed by atoms with E-state index in [4.69, 9.17) is 18.7 Å². The minimum Gasteiger partial charge on any atom is -0.497 e. The Morgan fingerprint density at radius 3 is 2.44 bits per heavy atom. The summed E-state index contributed by atoms with van der Waals surface area (Å²) in [6.45, 7) is 2.79. The van der Waals surface area contributed by atoms with Crippen LogP contribution in [0.4, 0.5) is 17.1 Å². The van der Waals surface area contributed by atoms with Crippen molar-refractivity contribution >= 4 is 33.7 Å². The van der Waals surface area contributed by atoms with E-state index in [0.717, 1.165) is 59.7 Å². The highest BCUT2D eigenvalue weighted by atomic mass is 16.7. The summed E-state index contributed by atoms with van der Waals surface area (Å²) in [6.07, 6.45) is 1.54. The Morgan fingerprint density at radius 2 is 1.72 bits per heavy atom. The van der Waals surface area contributed by atoms with Crippen LogP contribution in [0.25, 0.3) is 22.2 Å². The van der Waals surface area contributed by atoms with Crippen LogP contribution in [0.5, 0.6) is 5.75 Å². The first-order chi connectivity index (χ1) is 17.7. The largest absolute Gasteiger partial charge is 0.497 e. The minimum atomic E-state index is -0.477. The van der Waals surface area contributed by atoms with Gasteiger partial charge >= 0.3 is 0 Å². The Labute approximate surface area is 207 Å². The van der Waals surface area contributed by atoms with Gasteiger partial charge < -0.3 is 29.0 Å². The van der Waals surface area contributed by atoms with Crippen molar-refractivity contribution in [3.8, 4) is 17.1 Å². The summed E-state index contributed by atoms with van der Waals surface area (Å²) in [5.74, 6) is 0.877. The molecule has 0 unspecified atom stereocenters. The fourth-order valence-corrected chi connectivity index (χ4v) is 5.59. The van der Waals surface area contributed by atoms with E-state index in [9.17, 15) is 4.79 Å². The number of ketones is 1. The predicted octanol–water partition coefficient (Wildman–Crippen LogP) is 5.13. The Hall–Kier alpha value is -3.88. The van der Waals surface area contributed by atoms with E-state index in [1.54, 1.807) is 7.11 Å². The highest BCUT2D eigenvalue weighted by Gasteiger charge is 2.41. The third kappa shape index (κ3) is 3.22. The normalized spacial score (nSPS) is 18.0. The third-order valence-corrected chi connectivity index (χ3v) is 7.43. The number of carbonyl (C=O) groups is 1. The highest BCUT2D eigenvalue weighted by Crippen LogP contribution is 2.47. The van der Waals surface area contributed by atoms with Crippen LogP contribution in [0.3, 0.4) is 0 Å². The van der Waals surface area contributed by atoms with E-state index in [-0.39, 0.29) is 5.78 Å². The van der Waals surface area contributed by atoms with Gasteiger partial charge in [0.1, 0.15) is 11.3 Å². The molecule has 2 aliphatic heterocycles. The molecule has 1 N–H and O–H groups in total. The van der Waals surface area contributed by atoms with E-state index in [2.05, 4.69) is 15.4 Å². The molecule has 3 aliphatic rings. The molecule has 8 heteroatoms. The lowest BCUT2D eigenvalue weighted by Gasteiger charge is -2.39. The van der Waals surface area contributed by atoms with Crippen LogP contribution < -0.4 is 15.0 Å². The fraction of sp³-hybridized carbons (Fsp3) is 0.286. The average Bonchev–Trinajstić information content (AvgIpc) is 3.57. The van der Waals surface area contributed by atoms with Crippen molar-refractivity contribution in [3.05, 3.63) is 65.7 Å². The summed E-state index contributed by atoms with van der Waals surface area (Å²) in [5.41, 5.74) is 5.18. The van der Waals surface area contributed by atoms with Gasteiger partial charge in [-0.2, -0.15) is 0 Å². The first-order valence-corrected chi connectivity index (χ1v) is 12.2. The number of fused-ring (bicyclic) bond motifs is 2. The molecule has 1 aromatic heterocycles. The van der Waals surface area contributed by atoms with Crippen LogP contribution in [-0.4, -0.2) is 50.1 Å². The van der Waals surface area contributed by atoms with Gasteiger partial charge in [-0.1, -0.05) is 29.4 Å². The number of methoxy groups -OCH3 is 1. The van der Waals surface area contributed by atoms with Crippen molar-refractivity contribution in [3.63, 3.8) is 0 Å². The van der Waals surface area contributed by atoms with E-state index in [1.165, 1.54) is 0 Å². The van der Waals surface area contributed by atoms with E-state index < -0.39 is 5.79 Å². The summed E-state index contributed by atoms with van der Waals surface area (Å²) in [5, 5.41) is 8.72. The number of aromatic nitrogens is 1. The van der Waals surface area contributed by atoms with E-state index in [0.29, 0.717) is 35.6 Å². The number of hydrogen-bond acceptors (Lipinski definition) is 8. The lowest BCUT2D eigenvalue weighted by atomic mass is 9.86. The molecule has 7 rings (SSSR count). The van der Waals surface area contributed by atoms with Gasteiger partial charge in [0.15, 0.2) is 17.3 Å². The summed E-state index contributed by atoms with van der Waals surface area (Å²) < 4.78 is 23.1. The number of carbonyl (C=O) groups excluding carboxylic acids is 1. The Balaban J connectivity index is 1.37. The summed E-state index contributed by atoms with van der Waals surface area (Å²) in [7, 11) is 1.64. The molecule has 4 aromatic rings. The predicted molar refractivity (Wildman–Crippen MR) is 135 cm³/mol. The molecular formula is C28H25N3O5. The van der Waals surface area contributed by atoms with Crippen LogP contribution in [0.15, 0.2) is 59.1 Å². The highest BCUT2D eigenvalue weighted by molar-refractivity contribution is 6.28. The second-order valence-corrected chi connectivity index (χ2v) is 9.38. The van der Waals surface area contributed by atoms with E-state index >= 15 is 0 Å². The number of benzene rings is 3. The standard InChI is InChI=1S/C28H25N3O5/c1-33-18-8-6-17(7-9-18)29-21-16-22(31-12-10-28(11-13-31)34-14-15-35-28)25-24-23(21)26(32)19-4-2-3-5-20(19)27(24)36-30-25/h2-9,16,29H,10-15H2,1H3. The lowest BCUT2D eigenvalue weighted by Crippen LogP contribution is -2.45. The molecular weight excluding hydrogens is 458 g/mol. The Morgan fingerprint density at radius 1 is 1.00 bits per heavy atom.